The van der Waals surface area contributed by atoms with E-state index in [2.05, 4.69) is 144 Å². The molecule has 10 rings (SSSR count). The number of para-hydroxylation sites is 2. The summed E-state index contributed by atoms with van der Waals surface area (Å²) in [4.78, 5) is 1.53. The van der Waals surface area contributed by atoms with Crippen molar-refractivity contribution in [3.05, 3.63) is 154 Å². The van der Waals surface area contributed by atoms with E-state index in [-0.39, 0.29) is 0 Å². The summed E-state index contributed by atoms with van der Waals surface area (Å²) >= 11 is 1.98. The fourth-order valence-corrected chi connectivity index (χ4v) is 8.99. The highest BCUT2D eigenvalue weighted by atomic mass is 32.1. The van der Waals surface area contributed by atoms with Gasteiger partial charge in [-0.25, -0.2) is 0 Å². The van der Waals surface area contributed by atoms with Crippen molar-refractivity contribution in [2.75, 3.05) is 0 Å². The average Bonchev–Trinajstić information content (AvgIpc) is 3.59. The van der Waals surface area contributed by atoms with Gasteiger partial charge in [0, 0.05) is 37.4 Å². The van der Waals surface area contributed by atoms with Crippen molar-refractivity contribution in [1.82, 2.24) is 9.36 Å². The van der Waals surface area contributed by atoms with Crippen molar-refractivity contribution in [2.24, 2.45) is 0 Å². The van der Waals surface area contributed by atoms with Crippen molar-refractivity contribution < 1.29 is 0 Å². The number of hydrogen-bond donors (Lipinski definition) is 0. The molecule has 0 saturated heterocycles. The second kappa shape index (κ2) is 8.53. The fourth-order valence-electron chi connectivity index (χ4n) is 7.72. The van der Waals surface area contributed by atoms with Gasteiger partial charge in [0.2, 0.25) is 0 Å². The zero-order chi connectivity index (χ0) is 28.2. The molecule has 1 unspecified atom stereocenters. The second-order valence-corrected chi connectivity index (χ2v) is 13.1. The third kappa shape index (κ3) is 3.10. The minimum absolute atomic E-state index is 0.483. The van der Waals surface area contributed by atoms with Crippen LogP contribution in [-0.2, 0) is 6.42 Å². The van der Waals surface area contributed by atoms with Crippen molar-refractivity contribution >= 4 is 59.7 Å². The molecule has 0 bridgehead atoms. The summed E-state index contributed by atoms with van der Waals surface area (Å²) in [6, 6.07) is 47.0. The van der Waals surface area contributed by atoms with Gasteiger partial charge < -0.3 is 0 Å². The number of thiophene rings is 1. The normalized spacial score (nSPS) is 15.6. The molecule has 0 radical (unpaired) electrons. The lowest BCUT2D eigenvalue weighted by Gasteiger charge is -2.23. The van der Waals surface area contributed by atoms with Gasteiger partial charge in [0.1, 0.15) is 16.3 Å². The molecule has 0 fully saturated rings. The Balaban J connectivity index is 1.29. The molecule has 2 aromatic heterocycles. The summed E-state index contributed by atoms with van der Waals surface area (Å²) in [5, 5.41) is 9.18. The maximum absolute atomic E-state index is 2.48. The predicted octanol–water partition coefficient (Wildman–Crippen LogP) is 8.61. The van der Waals surface area contributed by atoms with Gasteiger partial charge in [-0.2, -0.15) is 0 Å². The van der Waals surface area contributed by atoms with E-state index in [4.69, 9.17) is 0 Å². The van der Waals surface area contributed by atoms with Crippen LogP contribution in [0.1, 0.15) is 28.8 Å². The van der Waals surface area contributed by atoms with Crippen LogP contribution in [0.25, 0.3) is 59.5 Å². The maximum Gasteiger partial charge on any atom is 0.258 e. The Morgan fingerprint density at radius 3 is 2.40 bits per heavy atom. The van der Waals surface area contributed by atoms with Gasteiger partial charge in [0.25, 0.3) is 11.1 Å². The molecule has 2 nitrogen and oxygen atoms in total. The van der Waals surface area contributed by atoms with Gasteiger partial charge in [-0.1, -0.05) is 96.5 Å². The highest BCUT2D eigenvalue weighted by Gasteiger charge is 2.35. The van der Waals surface area contributed by atoms with Crippen LogP contribution in [0.3, 0.4) is 0 Å². The van der Waals surface area contributed by atoms with Gasteiger partial charge in [0.15, 0.2) is 0 Å². The summed E-state index contributed by atoms with van der Waals surface area (Å²) in [5.41, 5.74) is 9.34. The molecule has 6 aromatic carbocycles. The Labute approximate surface area is 252 Å². The molecule has 1 aliphatic heterocycles. The van der Waals surface area contributed by atoms with Crippen LogP contribution in [0.2, 0.25) is 0 Å². The first-order valence-electron chi connectivity index (χ1n) is 15.1. The number of hydrogen-bond acceptors (Lipinski definition) is 1. The minimum Gasteiger partial charge on any atom is -0.139 e. The first-order valence-corrected chi connectivity index (χ1v) is 15.9. The topological polar surface area (TPSA) is 7.94 Å². The summed E-state index contributed by atoms with van der Waals surface area (Å²) in [6.45, 7) is 2.41. The third-order valence-corrected chi connectivity index (χ3v) is 11.0. The lowest BCUT2D eigenvalue weighted by atomic mass is 9.81. The maximum atomic E-state index is 2.48. The van der Waals surface area contributed by atoms with E-state index < -0.39 is 0 Å². The smallest absolute Gasteiger partial charge is 0.139 e. The Morgan fingerprint density at radius 1 is 0.698 bits per heavy atom. The molecule has 0 spiro atoms. The number of fused-ring (bicyclic) bond motifs is 11. The molecule has 202 valence electrons. The number of nitrogens with zero attached hydrogens (tertiary/aromatic N) is 2. The molecule has 1 aliphatic carbocycles. The second-order valence-electron chi connectivity index (χ2n) is 12.0. The van der Waals surface area contributed by atoms with E-state index in [0.717, 1.165) is 6.42 Å². The SMILES string of the molecule is CC1Cc2c(ccc3c2c2ccccc2n3[N+]2=c3ccccc3=C2c2ccc3ccccc3c2)-c2c1sc1ccccc21. The zero-order valence-corrected chi connectivity index (χ0v) is 24.5. The van der Waals surface area contributed by atoms with Crippen molar-refractivity contribution in [3.63, 3.8) is 0 Å². The number of aromatic nitrogens is 1. The van der Waals surface area contributed by atoms with Gasteiger partial charge in [-0.15, -0.1) is 16.0 Å². The molecule has 2 aliphatic rings. The van der Waals surface area contributed by atoms with Crippen LogP contribution in [0.4, 0.5) is 0 Å². The standard InChI is InChI=1S/C40H27N2S/c1-24-22-32-28(38-31-14-6-9-17-36(31)43-40(24)38)20-21-35-37(32)29-12-4-7-15-33(29)41(35)42-34-16-8-5-13-30(34)39(42)27-19-18-25-10-2-3-11-26(25)23-27/h2-21,23-24H,22H2,1H3/q+1. The Kier molecular flexibility index (Phi) is 4.67. The van der Waals surface area contributed by atoms with Crippen LogP contribution in [0.15, 0.2) is 127 Å². The van der Waals surface area contributed by atoms with E-state index >= 15 is 0 Å². The fraction of sp³-hybridized carbons (Fsp3) is 0.0750. The lowest BCUT2D eigenvalue weighted by Crippen LogP contribution is -2.53. The highest BCUT2D eigenvalue weighted by Crippen LogP contribution is 2.51. The molecular weight excluding hydrogens is 541 g/mol. The monoisotopic (exact) mass is 567 g/mol. The van der Waals surface area contributed by atoms with E-state index in [1.807, 2.05) is 11.3 Å². The van der Waals surface area contributed by atoms with Crippen LogP contribution >= 0.6 is 11.3 Å². The first kappa shape index (κ1) is 23.6. The van der Waals surface area contributed by atoms with Crippen LogP contribution in [-0.4, -0.2) is 4.68 Å². The van der Waals surface area contributed by atoms with E-state index in [0.29, 0.717) is 5.92 Å². The highest BCUT2D eigenvalue weighted by molar-refractivity contribution is 7.19. The summed E-state index contributed by atoms with van der Waals surface area (Å²) in [7, 11) is 0. The lowest BCUT2D eigenvalue weighted by molar-refractivity contribution is 0.624. The van der Waals surface area contributed by atoms with Gasteiger partial charge in [-0.3, -0.25) is 0 Å². The summed E-state index contributed by atoms with van der Waals surface area (Å²) < 4.78 is 6.32. The van der Waals surface area contributed by atoms with Gasteiger partial charge in [-0.05, 0) is 70.6 Å². The van der Waals surface area contributed by atoms with Crippen molar-refractivity contribution in [2.45, 2.75) is 19.3 Å². The molecule has 1 atom stereocenters. The minimum atomic E-state index is 0.483. The first-order chi connectivity index (χ1) is 21.3. The molecule has 3 heteroatoms. The average molecular weight is 568 g/mol. The third-order valence-electron chi connectivity index (χ3n) is 9.59. The molecule has 0 saturated carbocycles. The summed E-state index contributed by atoms with van der Waals surface area (Å²) in [5.74, 6) is 0.483. The van der Waals surface area contributed by atoms with E-state index in [1.165, 1.54) is 86.1 Å². The van der Waals surface area contributed by atoms with Gasteiger partial charge >= 0.3 is 0 Å². The van der Waals surface area contributed by atoms with Crippen LogP contribution < -0.4 is 15.3 Å². The number of rotatable bonds is 2. The Bertz CT molecular complexity index is 2620. The molecule has 8 aromatic rings. The van der Waals surface area contributed by atoms with E-state index in [1.54, 1.807) is 0 Å². The molecule has 0 amide bonds. The molecule has 3 heterocycles. The van der Waals surface area contributed by atoms with Crippen LogP contribution in [0.5, 0.6) is 0 Å². The Morgan fingerprint density at radius 2 is 1.47 bits per heavy atom. The molecule has 0 N–H and O–H groups in total. The molecule has 43 heavy (non-hydrogen) atoms. The van der Waals surface area contributed by atoms with Crippen molar-refractivity contribution in [3.8, 4) is 11.1 Å². The van der Waals surface area contributed by atoms with Crippen LogP contribution in [0, 0.1) is 0 Å². The predicted molar refractivity (Wildman–Crippen MR) is 181 cm³/mol. The zero-order valence-electron chi connectivity index (χ0n) is 23.7. The van der Waals surface area contributed by atoms with Gasteiger partial charge in [0.05, 0.1) is 5.56 Å². The van der Waals surface area contributed by atoms with E-state index in [9.17, 15) is 0 Å². The molecular formula is C40H27N2S+. The largest absolute Gasteiger partial charge is 0.258 e. The summed E-state index contributed by atoms with van der Waals surface area (Å²) in [6.07, 6.45) is 1.05. The quantitative estimate of drug-likeness (QED) is 0.185. The Hall–Kier alpha value is -4.99. The number of benzene rings is 6. The van der Waals surface area contributed by atoms with Crippen molar-refractivity contribution in [1.29, 1.82) is 0 Å².